The zero-order chi connectivity index (χ0) is 11.0. The van der Waals surface area contributed by atoms with Crippen LogP contribution in [0.5, 0.6) is 0 Å². The Morgan fingerprint density at radius 1 is 1.40 bits per heavy atom. The Bertz CT molecular complexity index is 403. The van der Waals surface area contributed by atoms with Crippen LogP contribution in [0.2, 0.25) is 0 Å². The summed E-state index contributed by atoms with van der Waals surface area (Å²) in [4.78, 5) is 16.0. The molecule has 4 heteroatoms. The topological polar surface area (TPSA) is 54.0 Å². The van der Waals surface area contributed by atoms with E-state index in [1.165, 1.54) is 0 Å². The van der Waals surface area contributed by atoms with E-state index in [9.17, 15) is 4.79 Å². The summed E-state index contributed by atoms with van der Waals surface area (Å²) in [5, 5.41) is 6.11. The van der Waals surface area contributed by atoms with Crippen molar-refractivity contribution in [2.75, 3.05) is 10.6 Å². The first-order chi connectivity index (χ1) is 7.08. The van der Waals surface area contributed by atoms with Gasteiger partial charge in [-0.2, -0.15) is 0 Å². The molecule has 0 radical (unpaired) electrons. The molecule has 1 aliphatic rings. The highest BCUT2D eigenvalue weighted by molar-refractivity contribution is 5.97. The van der Waals surface area contributed by atoms with E-state index in [1.807, 2.05) is 26.8 Å². The number of hydrogen-bond donors (Lipinski definition) is 2. The van der Waals surface area contributed by atoms with Crippen LogP contribution in [0.4, 0.5) is 11.5 Å². The van der Waals surface area contributed by atoms with E-state index in [2.05, 4.69) is 15.6 Å². The van der Waals surface area contributed by atoms with E-state index in [1.54, 1.807) is 6.20 Å². The van der Waals surface area contributed by atoms with Gasteiger partial charge in [-0.1, -0.05) is 6.92 Å². The molecule has 1 aromatic rings. The number of fused-ring (bicyclic) bond motifs is 1. The van der Waals surface area contributed by atoms with E-state index in [4.69, 9.17) is 0 Å². The molecule has 0 saturated heterocycles. The van der Waals surface area contributed by atoms with E-state index in [-0.39, 0.29) is 17.9 Å². The van der Waals surface area contributed by atoms with Crippen molar-refractivity contribution >= 4 is 17.4 Å². The van der Waals surface area contributed by atoms with E-state index < -0.39 is 0 Å². The molecule has 0 bridgehead atoms. The number of aryl methyl sites for hydroxylation is 1. The fourth-order valence-electron chi connectivity index (χ4n) is 1.59. The molecule has 0 fully saturated rings. The average molecular weight is 205 g/mol. The van der Waals surface area contributed by atoms with Crippen molar-refractivity contribution in [2.45, 2.75) is 26.8 Å². The zero-order valence-electron chi connectivity index (χ0n) is 9.16. The van der Waals surface area contributed by atoms with Crippen molar-refractivity contribution in [2.24, 2.45) is 5.92 Å². The maximum Gasteiger partial charge on any atom is 0.229 e. The average Bonchev–Trinajstić information content (AvgIpc) is 2.29. The third-order valence-corrected chi connectivity index (χ3v) is 2.81. The second-order valence-corrected chi connectivity index (χ2v) is 4.12. The zero-order valence-corrected chi connectivity index (χ0v) is 9.16. The summed E-state index contributed by atoms with van der Waals surface area (Å²) in [5.74, 6) is 0.742. The van der Waals surface area contributed by atoms with Gasteiger partial charge in [0.25, 0.3) is 0 Å². The lowest BCUT2D eigenvalue weighted by Crippen LogP contribution is -2.30. The summed E-state index contributed by atoms with van der Waals surface area (Å²) in [5.41, 5.74) is 1.81. The second-order valence-electron chi connectivity index (χ2n) is 4.12. The van der Waals surface area contributed by atoms with Gasteiger partial charge in [-0.3, -0.25) is 4.79 Å². The summed E-state index contributed by atoms with van der Waals surface area (Å²) in [6, 6.07) is 2.03. The molecule has 15 heavy (non-hydrogen) atoms. The van der Waals surface area contributed by atoms with Gasteiger partial charge in [-0.25, -0.2) is 4.98 Å². The quantitative estimate of drug-likeness (QED) is 0.678. The number of anilines is 2. The number of nitrogens with zero attached hydrogens (tertiary/aromatic N) is 1. The largest absolute Gasteiger partial charge is 0.365 e. The lowest BCUT2D eigenvalue weighted by Gasteiger charge is -2.15. The van der Waals surface area contributed by atoms with Crippen molar-refractivity contribution in [3.8, 4) is 0 Å². The number of carbonyl (C=O) groups is 1. The van der Waals surface area contributed by atoms with Gasteiger partial charge >= 0.3 is 0 Å². The molecule has 80 valence electrons. The summed E-state index contributed by atoms with van der Waals surface area (Å²) in [6.45, 7) is 5.85. The van der Waals surface area contributed by atoms with Crippen molar-refractivity contribution in [1.29, 1.82) is 0 Å². The highest BCUT2D eigenvalue weighted by Crippen LogP contribution is 2.26. The van der Waals surface area contributed by atoms with Crippen LogP contribution in [0.1, 0.15) is 19.4 Å². The Morgan fingerprint density at radius 2 is 2.13 bits per heavy atom. The van der Waals surface area contributed by atoms with Gasteiger partial charge in [-0.15, -0.1) is 0 Å². The third-order valence-electron chi connectivity index (χ3n) is 2.81. The van der Waals surface area contributed by atoms with Crippen molar-refractivity contribution in [1.82, 2.24) is 4.98 Å². The number of carbonyl (C=O) groups excluding carboxylic acids is 1. The Balaban J connectivity index is 2.42. The van der Waals surface area contributed by atoms with Crippen LogP contribution in [0.3, 0.4) is 0 Å². The van der Waals surface area contributed by atoms with Crippen LogP contribution >= 0.6 is 0 Å². The van der Waals surface area contributed by atoms with Gasteiger partial charge in [0.2, 0.25) is 5.91 Å². The first-order valence-electron chi connectivity index (χ1n) is 5.12. The number of nitrogens with one attached hydrogen (secondary N) is 2. The number of pyridine rings is 1. The molecule has 0 spiro atoms. The fraction of sp³-hybridized carbons (Fsp3) is 0.455. The fourth-order valence-corrected chi connectivity index (χ4v) is 1.59. The van der Waals surface area contributed by atoms with Crippen molar-refractivity contribution < 1.29 is 4.79 Å². The normalized spacial score (nSPS) is 24.9. The molecule has 1 amide bonds. The van der Waals surface area contributed by atoms with Gasteiger partial charge in [0, 0.05) is 12.2 Å². The molecule has 2 atom stereocenters. The minimum absolute atomic E-state index is 0.0427. The number of aromatic nitrogens is 1. The number of amides is 1. The molecule has 2 heterocycles. The predicted octanol–water partition coefficient (Wildman–Crippen LogP) is 1.78. The van der Waals surface area contributed by atoms with Crippen molar-refractivity contribution in [3.05, 3.63) is 17.8 Å². The Kier molecular flexibility index (Phi) is 2.34. The molecule has 2 unspecified atom stereocenters. The summed E-state index contributed by atoms with van der Waals surface area (Å²) in [6.07, 6.45) is 1.79. The SMILES string of the molecule is Cc1cnc2c(c1)NC(=O)C(C)C(C)N2. The van der Waals surface area contributed by atoms with Crippen LogP contribution in [0, 0.1) is 12.8 Å². The molecule has 0 aromatic carbocycles. The summed E-state index contributed by atoms with van der Waals surface area (Å²) >= 11 is 0. The predicted molar refractivity (Wildman–Crippen MR) is 59.9 cm³/mol. The molecule has 2 rings (SSSR count). The highest BCUT2D eigenvalue weighted by Gasteiger charge is 2.25. The molecule has 0 saturated carbocycles. The first-order valence-corrected chi connectivity index (χ1v) is 5.12. The first kappa shape index (κ1) is 9.96. The van der Waals surface area contributed by atoms with E-state index >= 15 is 0 Å². The van der Waals surface area contributed by atoms with Crippen LogP contribution in [0.15, 0.2) is 12.3 Å². The Morgan fingerprint density at radius 3 is 2.87 bits per heavy atom. The lowest BCUT2D eigenvalue weighted by molar-refractivity contribution is -0.119. The van der Waals surface area contributed by atoms with Gasteiger partial charge in [0.1, 0.15) is 5.82 Å². The van der Waals surface area contributed by atoms with Gasteiger partial charge in [0.05, 0.1) is 11.6 Å². The standard InChI is InChI=1S/C11H15N3O/c1-6-4-9-10(12-5-6)13-8(3)7(2)11(15)14-9/h4-5,7-8H,1-3H3,(H,12,13)(H,14,15). The molecule has 1 aromatic heterocycles. The third kappa shape index (κ3) is 1.79. The number of rotatable bonds is 0. The monoisotopic (exact) mass is 205 g/mol. The minimum Gasteiger partial charge on any atom is -0.365 e. The molecular formula is C11H15N3O. The van der Waals surface area contributed by atoms with Crippen molar-refractivity contribution in [3.63, 3.8) is 0 Å². The maximum atomic E-state index is 11.7. The van der Waals surface area contributed by atoms with E-state index in [0.29, 0.717) is 0 Å². The van der Waals surface area contributed by atoms with Crippen LogP contribution in [-0.4, -0.2) is 16.9 Å². The highest BCUT2D eigenvalue weighted by atomic mass is 16.2. The molecule has 0 aliphatic carbocycles. The van der Waals surface area contributed by atoms with Crippen LogP contribution < -0.4 is 10.6 Å². The smallest absolute Gasteiger partial charge is 0.229 e. The van der Waals surface area contributed by atoms with Crippen LogP contribution in [0.25, 0.3) is 0 Å². The summed E-state index contributed by atoms with van der Waals surface area (Å²) in [7, 11) is 0. The Hall–Kier alpha value is -1.58. The van der Waals surface area contributed by atoms with E-state index in [0.717, 1.165) is 17.1 Å². The van der Waals surface area contributed by atoms with Gasteiger partial charge < -0.3 is 10.6 Å². The molecule has 4 nitrogen and oxygen atoms in total. The van der Waals surface area contributed by atoms with Crippen LogP contribution in [-0.2, 0) is 4.79 Å². The minimum atomic E-state index is -0.0560. The second kappa shape index (κ2) is 3.53. The Labute approximate surface area is 89.1 Å². The molecule has 2 N–H and O–H groups in total. The lowest BCUT2D eigenvalue weighted by atomic mass is 10.0. The molecule has 1 aliphatic heterocycles. The van der Waals surface area contributed by atoms with Gasteiger partial charge in [0.15, 0.2) is 0 Å². The number of hydrogen-bond acceptors (Lipinski definition) is 3. The maximum absolute atomic E-state index is 11.7. The molecular weight excluding hydrogens is 190 g/mol. The summed E-state index contributed by atoms with van der Waals surface area (Å²) < 4.78 is 0. The van der Waals surface area contributed by atoms with Gasteiger partial charge in [-0.05, 0) is 25.5 Å².